The molecule has 108 valence electrons. The molecule has 0 spiro atoms. The zero-order valence-corrected chi connectivity index (χ0v) is 14.0. The molecular weight excluding hydrogens is 318 g/mol. The second-order valence-corrected chi connectivity index (χ2v) is 8.11. The van der Waals surface area contributed by atoms with Gasteiger partial charge in [0, 0.05) is 25.0 Å². The highest BCUT2D eigenvalue weighted by Gasteiger charge is 2.10. The van der Waals surface area contributed by atoms with Crippen LogP contribution < -0.4 is 0 Å². The van der Waals surface area contributed by atoms with Gasteiger partial charge in [-0.05, 0) is 40.6 Å². The highest BCUT2D eigenvalue weighted by atomic mass is 32.1. The predicted octanol–water partition coefficient (Wildman–Crippen LogP) is 6.60. The van der Waals surface area contributed by atoms with E-state index in [4.69, 9.17) is 5.26 Å². The van der Waals surface area contributed by atoms with Crippen LogP contribution in [0.3, 0.4) is 0 Å². The maximum absolute atomic E-state index is 9.16. The van der Waals surface area contributed by atoms with E-state index in [1.54, 1.807) is 11.3 Å². The van der Waals surface area contributed by atoms with Crippen LogP contribution >= 0.6 is 22.7 Å². The number of hydrogen-bond donors (Lipinski definition) is 0. The van der Waals surface area contributed by atoms with Gasteiger partial charge >= 0.3 is 0 Å². The van der Waals surface area contributed by atoms with E-state index >= 15 is 0 Å². The largest absolute Gasteiger partial charge is 0.192 e. The Labute approximate surface area is 141 Å². The Hall–Kier alpha value is -2.41. The third-order valence-corrected chi connectivity index (χ3v) is 6.58. The van der Waals surface area contributed by atoms with Crippen LogP contribution in [0.4, 0.5) is 0 Å². The number of nitrogens with zero attached hydrogens (tertiary/aromatic N) is 1. The fourth-order valence-corrected chi connectivity index (χ4v) is 5.43. The summed E-state index contributed by atoms with van der Waals surface area (Å²) >= 11 is 3.45. The van der Waals surface area contributed by atoms with Gasteiger partial charge in [0.05, 0.1) is 0 Å². The molecule has 0 amide bonds. The highest BCUT2D eigenvalue weighted by Crippen LogP contribution is 2.39. The third-order valence-electron chi connectivity index (χ3n) is 4.39. The predicted molar refractivity (Wildman–Crippen MR) is 102 cm³/mol. The topological polar surface area (TPSA) is 23.8 Å². The van der Waals surface area contributed by atoms with E-state index in [1.807, 2.05) is 17.4 Å². The molecule has 0 aliphatic heterocycles. The zero-order valence-electron chi connectivity index (χ0n) is 12.4. The average molecular weight is 329 g/mol. The standard InChI is InChI=1S/C20H11NS2/c1-11-8-12-2-4-15-16-5-3-13-9-14(10-21)23-20(13)18(16)7-6-17(15)19(12)22-11/h2-9H,1H3. The molecule has 0 radical (unpaired) electrons. The molecule has 5 rings (SSSR count). The zero-order chi connectivity index (χ0) is 15.6. The smallest absolute Gasteiger partial charge is 0.110 e. The molecule has 0 aliphatic carbocycles. The Kier molecular flexibility index (Phi) is 2.58. The average Bonchev–Trinajstić information content (AvgIpc) is 3.15. The summed E-state index contributed by atoms with van der Waals surface area (Å²) in [6.07, 6.45) is 0. The fourth-order valence-electron chi connectivity index (χ4n) is 3.40. The first-order valence-corrected chi connectivity index (χ1v) is 9.06. The molecule has 2 heterocycles. The molecule has 0 bridgehead atoms. The lowest BCUT2D eigenvalue weighted by Crippen LogP contribution is -1.78. The Morgan fingerprint density at radius 3 is 1.96 bits per heavy atom. The SMILES string of the molecule is Cc1cc2ccc3c4ccc5cc(C#N)sc5c4ccc3c2s1. The minimum absolute atomic E-state index is 0.775. The quantitative estimate of drug-likeness (QED) is 0.293. The van der Waals surface area contributed by atoms with Crippen molar-refractivity contribution in [2.45, 2.75) is 6.92 Å². The van der Waals surface area contributed by atoms with Crippen molar-refractivity contribution in [2.75, 3.05) is 0 Å². The van der Waals surface area contributed by atoms with Gasteiger partial charge in [0.15, 0.2) is 0 Å². The van der Waals surface area contributed by atoms with Gasteiger partial charge in [-0.2, -0.15) is 5.26 Å². The lowest BCUT2D eigenvalue weighted by atomic mass is 10.00. The molecule has 2 aromatic heterocycles. The van der Waals surface area contributed by atoms with Crippen molar-refractivity contribution in [2.24, 2.45) is 0 Å². The second kappa shape index (κ2) is 4.55. The molecule has 0 fully saturated rings. The number of fused-ring (bicyclic) bond motifs is 7. The maximum atomic E-state index is 9.16. The van der Waals surface area contributed by atoms with E-state index in [-0.39, 0.29) is 0 Å². The van der Waals surface area contributed by atoms with Crippen LogP contribution in [0.15, 0.2) is 48.5 Å². The monoisotopic (exact) mass is 329 g/mol. The minimum atomic E-state index is 0.775. The Morgan fingerprint density at radius 1 is 0.739 bits per heavy atom. The van der Waals surface area contributed by atoms with Gasteiger partial charge in [-0.25, -0.2) is 0 Å². The molecule has 0 atom stereocenters. The number of benzene rings is 3. The Bertz CT molecular complexity index is 1280. The highest BCUT2D eigenvalue weighted by molar-refractivity contribution is 7.20. The molecule has 0 saturated heterocycles. The molecular formula is C20H11NS2. The van der Waals surface area contributed by atoms with E-state index < -0.39 is 0 Å². The molecule has 5 aromatic rings. The minimum Gasteiger partial charge on any atom is -0.192 e. The Morgan fingerprint density at radius 2 is 1.30 bits per heavy atom. The number of thiophene rings is 2. The first-order chi connectivity index (χ1) is 11.2. The van der Waals surface area contributed by atoms with E-state index in [1.165, 1.54) is 41.2 Å². The van der Waals surface area contributed by atoms with Crippen LogP contribution in [0.25, 0.3) is 41.7 Å². The van der Waals surface area contributed by atoms with Crippen LogP contribution in [0.2, 0.25) is 0 Å². The summed E-state index contributed by atoms with van der Waals surface area (Å²) in [5.74, 6) is 0. The van der Waals surface area contributed by atoms with E-state index in [0.717, 1.165) is 10.3 Å². The van der Waals surface area contributed by atoms with Crippen molar-refractivity contribution < 1.29 is 0 Å². The molecule has 0 saturated carbocycles. The number of nitriles is 1. The molecule has 3 heteroatoms. The van der Waals surface area contributed by atoms with Gasteiger partial charge in [0.2, 0.25) is 0 Å². The number of rotatable bonds is 0. The Balaban J connectivity index is 1.99. The van der Waals surface area contributed by atoms with E-state index in [9.17, 15) is 0 Å². The van der Waals surface area contributed by atoms with Crippen LogP contribution in [0, 0.1) is 18.3 Å². The molecule has 0 N–H and O–H groups in total. The fraction of sp³-hybridized carbons (Fsp3) is 0.0500. The van der Waals surface area contributed by atoms with Crippen molar-refractivity contribution in [1.29, 1.82) is 5.26 Å². The summed E-state index contributed by atoms with van der Waals surface area (Å²) in [5.41, 5.74) is 0. The van der Waals surface area contributed by atoms with Crippen LogP contribution in [0.5, 0.6) is 0 Å². The summed E-state index contributed by atoms with van der Waals surface area (Å²) in [4.78, 5) is 2.12. The third kappa shape index (κ3) is 1.77. The number of aryl methyl sites for hydroxylation is 1. The lowest BCUT2D eigenvalue weighted by molar-refractivity contribution is 1.52. The second-order valence-electron chi connectivity index (χ2n) is 5.80. The van der Waals surface area contributed by atoms with Gasteiger partial charge in [0.1, 0.15) is 10.9 Å². The van der Waals surface area contributed by atoms with E-state index in [2.05, 4.69) is 55.5 Å². The van der Waals surface area contributed by atoms with Crippen LogP contribution in [-0.4, -0.2) is 0 Å². The molecule has 1 nitrogen and oxygen atoms in total. The first kappa shape index (κ1) is 13.1. The summed E-state index contributed by atoms with van der Waals surface area (Å²) in [5, 5.41) is 16.8. The van der Waals surface area contributed by atoms with E-state index in [0.29, 0.717) is 0 Å². The van der Waals surface area contributed by atoms with Crippen molar-refractivity contribution in [3.8, 4) is 6.07 Å². The normalized spacial score (nSPS) is 11.7. The summed E-state index contributed by atoms with van der Waals surface area (Å²) < 4.78 is 2.58. The van der Waals surface area contributed by atoms with Crippen LogP contribution in [0.1, 0.15) is 9.75 Å². The van der Waals surface area contributed by atoms with Gasteiger partial charge < -0.3 is 0 Å². The lowest BCUT2D eigenvalue weighted by Gasteiger charge is -2.06. The molecule has 0 unspecified atom stereocenters. The van der Waals surface area contributed by atoms with Crippen LogP contribution in [-0.2, 0) is 0 Å². The maximum Gasteiger partial charge on any atom is 0.110 e. The van der Waals surface area contributed by atoms with Gasteiger partial charge in [-0.3, -0.25) is 0 Å². The van der Waals surface area contributed by atoms with Crippen molar-refractivity contribution in [1.82, 2.24) is 0 Å². The van der Waals surface area contributed by atoms with Crippen molar-refractivity contribution in [3.63, 3.8) is 0 Å². The molecule has 3 aromatic carbocycles. The summed E-state index contributed by atoms with van der Waals surface area (Å²) in [6.45, 7) is 2.16. The van der Waals surface area contributed by atoms with Crippen molar-refractivity contribution in [3.05, 3.63) is 58.3 Å². The van der Waals surface area contributed by atoms with Gasteiger partial charge in [-0.15, -0.1) is 22.7 Å². The van der Waals surface area contributed by atoms with Gasteiger partial charge in [-0.1, -0.05) is 36.4 Å². The molecule has 23 heavy (non-hydrogen) atoms. The number of hydrogen-bond acceptors (Lipinski definition) is 3. The van der Waals surface area contributed by atoms with Crippen molar-refractivity contribution >= 4 is 64.4 Å². The summed E-state index contributed by atoms with van der Waals surface area (Å²) in [6, 6.07) is 19.7. The van der Waals surface area contributed by atoms with Gasteiger partial charge in [0.25, 0.3) is 0 Å². The first-order valence-electron chi connectivity index (χ1n) is 7.43. The molecule has 0 aliphatic rings. The summed E-state index contributed by atoms with van der Waals surface area (Å²) in [7, 11) is 0.